The number of benzene rings is 1. The number of aliphatic hydroxyl groups is 1. The van der Waals surface area contributed by atoms with Crippen molar-refractivity contribution in [2.75, 3.05) is 6.61 Å². The lowest BCUT2D eigenvalue weighted by Gasteiger charge is -2.05. The van der Waals surface area contributed by atoms with Crippen LogP contribution in [0, 0.1) is 0 Å². The van der Waals surface area contributed by atoms with E-state index in [1.165, 1.54) is 0 Å². The maximum absolute atomic E-state index is 8.93. The van der Waals surface area contributed by atoms with Crippen LogP contribution in [0.3, 0.4) is 0 Å². The first-order valence-corrected chi connectivity index (χ1v) is 4.59. The van der Waals surface area contributed by atoms with Gasteiger partial charge in [0.25, 0.3) is 0 Å². The second kappa shape index (κ2) is 4.48. The van der Waals surface area contributed by atoms with Gasteiger partial charge in [0.05, 0.1) is 13.2 Å². The van der Waals surface area contributed by atoms with E-state index < -0.39 is 0 Å². The van der Waals surface area contributed by atoms with Crippen molar-refractivity contribution in [1.82, 2.24) is 0 Å². The minimum absolute atomic E-state index is 0.0293. The van der Waals surface area contributed by atoms with E-state index >= 15 is 0 Å². The third kappa shape index (κ3) is 2.22. The molecule has 0 bridgehead atoms. The number of hydrogen-bond donors (Lipinski definition) is 1. The molecule has 1 aromatic carbocycles. The molecule has 2 nitrogen and oxygen atoms in total. The van der Waals surface area contributed by atoms with Crippen molar-refractivity contribution in [1.29, 1.82) is 0 Å². The Morgan fingerprint density at radius 3 is 2.83 bits per heavy atom. The number of rotatable bonds is 3. The van der Waals surface area contributed by atoms with E-state index in [9.17, 15) is 0 Å². The van der Waals surface area contributed by atoms with Gasteiger partial charge in [0.1, 0.15) is 5.75 Å². The summed E-state index contributed by atoms with van der Waals surface area (Å²) in [7, 11) is 0. The Morgan fingerprint density at radius 1 is 1.50 bits per heavy atom. The maximum Gasteiger partial charge on any atom is 0.119 e. The van der Waals surface area contributed by atoms with Crippen molar-refractivity contribution in [3.63, 3.8) is 0 Å². The predicted molar refractivity (Wildman–Crippen MR) is 51.2 cm³/mol. The van der Waals surface area contributed by atoms with Crippen LogP contribution >= 0.6 is 15.9 Å². The third-order valence-corrected chi connectivity index (χ3v) is 2.27. The Kier molecular flexibility index (Phi) is 3.56. The summed E-state index contributed by atoms with van der Waals surface area (Å²) in [5.41, 5.74) is 0.848. The maximum atomic E-state index is 8.93. The Hall–Kier alpha value is -0.540. The van der Waals surface area contributed by atoms with Crippen molar-refractivity contribution in [2.45, 2.75) is 13.5 Å². The van der Waals surface area contributed by atoms with Crippen molar-refractivity contribution < 1.29 is 9.84 Å². The van der Waals surface area contributed by atoms with Gasteiger partial charge in [-0.05, 0) is 30.7 Å². The number of halogens is 1. The predicted octanol–water partition coefficient (Wildman–Crippen LogP) is 2.34. The highest BCUT2D eigenvalue weighted by molar-refractivity contribution is 9.10. The molecule has 3 heteroatoms. The number of hydrogen-bond acceptors (Lipinski definition) is 2. The molecule has 1 N–H and O–H groups in total. The highest BCUT2D eigenvalue weighted by atomic mass is 79.9. The molecule has 0 aliphatic heterocycles. The van der Waals surface area contributed by atoms with Gasteiger partial charge in [-0.3, -0.25) is 0 Å². The van der Waals surface area contributed by atoms with E-state index in [2.05, 4.69) is 15.9 Å². The summed E-state index contributed by atoms with van der Waals surface area (Å²) in [5, 5.41) is 8.93. The second-order valence-electron chi connectivity index (χ2n) is 2.34. The molecule has 0 spiro atoms. The van der Waals surface area contributed by atoms with Crippen LogP contribution in [-0.4, -0.2) is 11.7 Å². The molecule has 0 radical (unpaired) electrons. The monoisotopic (exact) mass is 230 g/mol. The number of aliphatic hydroxyl groups excluding tert-OH is 1. The van der Waals surface area contributed by atoms with Gasteiger partial charge < -0.3 is 9.84 Å². The van der Waals surface area contributed by atoms with E-state index in [1.807, 2.05) is 25.1 Å². The van der Waals surface area contributed by atoms with Crippen LogP contribution in [0.1, 0.15) is 12.5 Å². The van der Waals surface area contributed by atoms with E-state index in [0.29, 0.717) is 6.61 Å². The first-order chi connectivity index (χ1) is 5.77. The second-order valence-corrected chi connectivity index (χ2v) is 3.20. The molecule has 0 aliphatic rings. The fourth-order valence-electron chi connectivity index (χ4n) is 0.929. The van der Waals surface area contributed by atoms with Crippen LogP contribution in [0.15, 0.2) is 22.7 Å². The lowest BCUT2D eigenvalue weighted by molar-refractivity contribution is 0.279. The zero-order chi connectivity index (χ0) is 8.97. The smallest absolute Gasteiger partial charge is 0.119 e. The van der Waals surface area contributed by atoms with Gasteiger partial charge in [0.15, 0.2) is 0 Å². The van der Waals surface area contributed by atoms with E-state index in [1.54, 1.807) is 0 Å². The minimum Gasteiger partial charge on any atom is -0.494 e. The zero-order valence-electron chi connectivity index (χ0n) is 6.88. The first-order valence-electron chi connectivity index (χ1n) is 3.80. The molecule has 0 heterocycles. The SMILES string of the molecule is CCOc1ccc(Br)c(CO)c1. The Balaban J connectivity index is 2.89. The van der Waals surface area contributed by atoms with E-state index in [-0.39, 0.29) is 6.61 Å². The van der Waals surface area contributed by atoms with Crippen molar-refractivity contribution in [2.24, 2.45) is 0 Å². The zero-order valence-corrected chi connectivity index (χ0v) is 8.47. The lowest BCUT2D eigenvalue weighted by Crippen LogP contribution is -1.93. The summed E-state index contributed by atoms with van der Waals surface area (Å²) in [6, 6.07) is 5.57. The van der Waals surface area contributed by atoms with Gasteiger partial charge in [-0.2, -0.15) is 0 Å². The molecule has 0 unspecified atom stereocenters. The lowest BCUT2D eigenvalue weighted by atomic mass is 10.2. The Bertz CT molecular complexity index is 261. The highest BCUT2D eigenvalue weighted by Gasteiger charge is 1.99. The molecule has 1 aromatic rings. The molecule has 12 heavy (non-hydrogen) atoms. The molecule has 0 atom stereocenters. The fraction of sp³-hybridized carbons (Fsp3) is 0.333. The molecule has 0 aromatic heterocycles. The van der Waals surface area contributed by atoms with Gasteiger partial charge in [0, 0.05) is 4.47 Å². The normalized spacial score (nSPS) is 9.92. The van der Waals surface area contributed by atoms with Crippen molar-refractivity contribution >= 4 is 15.9 Å². The van der Waals surface area contributed by atoms with Gasteiger partial charge >= 0.3 is 0 Å². The fourth-order valence-corrected chi connectivity index (χ4v) is 1.30. The van der Waals surface area contributed by atoms with Crippen LogP contribution in [0.2, 0.25) is 0 Å². The standard InChI is InChI=1S/C9H11BrO2/c1-2-12-8-3-4-9(10)7(5-8)6-11/h3-5,11H,2,6H2,1H3. The molecule has 0 aliphatic carbocycles. The van der Waals surface area contributed by atoms with E-state index in [4.69, 9.17) is 9.84 Å². The molecule has 0 amide bonds. The Labute approximate surface area is 80.3 Å². The van der Waals surface area contributed by atoms with Crippen LogP contribution in [-0.2, 0) is 6.61 Å². The third-order valence-electron chi connectivity index (χ3n) is 1.50. The summed E-state index contributed by atoms with van der Waals surface area (Å²) in [6.45, 7) is 2.61. The summed E-state index contributed by atoms with van der Waals surface area (Å²) in [6.07, 6.45) is 0. The van der Waals surface area contributed by atoms with Crippen LogP contribution < -0.4 is 4.74 Å². The molecule has 66 valence electrons. The molecule has 1 rings (SSSR count). The van der Waals surface area contributed by atoms with Crippen LogP contribution in [0.25, 0.3) is 0 Å². The Morgan fingerprint density at radius 2 is 2.25 bits per heavy atom. The quantitative estimate of drug-likeness (QED) is 0.865. The molecular weight excluding hydrogens is 220 g/mol. The van der Waals surface area contributed by atoms with Crippen molar-refractivity contribution in [3.8, 4) is 5.75 Å². The van der Waals surface area contributed by atoms with Crippen LogP contribution in [0.4, 0.5) is 0 Å². The highest BCUT2D eigenvalue weighted by Crippen LogP contribution is 2.22. The van der Waals surface area contributed by atoms with Gasteiger partial charge in [0.2, 0.25) is 0 Å². The summed E-state index contributed by atoms with van der Waals surface area (Å²) in [4.78, 5) is 0. The molecule has 0 saturated carbocycles. The minimum atomic E-state index is 0.0293. The van der Waals surface area contributed by atoms with E-state index in [0.717, 1.165) is 15.8 Å². The first kappa shape index (κ1) is 9.55. The topological polar surface area (TPSA) is 29.5 Å². The van der Waals surface area contributed by atoms with Gasteiger partial charge in [-0.1, -0.05) is 15.9 Å². The van der Waals surface area contributed by atoms with Crippen LogP contribution in [0.5, 0.6) is 5.75 Å². The van der Waals surface area contributed by atoms with Crippen molar-refractivity contribution in [3.05, 3.63) is 28.2 Å². The molecular formula is C9H11BrO2. The molecule has 0 saturated heterocycles. The largest absolute Gasteiger partial charge is 0.494 e. The molecule has 0 fully saturated rings. The average molecular weight is 231 g/mol. The van der Waals surface area contributed by atoms with Gasteiger partial charge in [-0.25, -0.2) is 0 Å². The summed E-state index contributed by atoms with van der Waals surface area (Å²) in [5.74, 6) is 0.796. The average Bonchev–Trinajstić information content (AvgIpc) is 2.09. The summed E-state index contributed by atoms with van der Waals surface area (Å²) >= 11 is 3.33. The van der Waals surface area contributed by atoms with Gasteiger partial charge in [-0.15, -0.1) is 0 Å². The summed E-state index contributed by atoms with van der Waals surface area (Å²) < 4.78 is 6.18. The number of ether oxygens (including phenoxy) is 1.